The summed E-state index contributed by atoms with van der Waals surface area (Å²) in [4.78, 5) is 25.4. The summed E-state index contributed by atoms with van der Waals surface area (Å²) in [6.07, 6.45) is 2.35. The minimum Gasteiger partial charge on any atom is -0.494 e. The molecule has 0 unspecified atom stereocenters. The molecule has 182 valence electrons. The zero-order valence-corrected chi connectivity index (χ0v) is 20.8. The number of benzene rings is 4. The molecule has 0 aliphatic heterocycles. The highest BCUT2D eigenvalue weighted by Gasteiger charge is 2.16. The van der Waals surface area contributed by atoms with E-state index >= 15 is 0 Å². The van der Waals surface area contributed by atoms with Gasteiger partial charge in [0, 0.05) is 16.1 Å². The van der Waals surface area contributed by atoms with Gasteiger partial charge in [-0.25, -0.2) is 10.2 Å². The van der Waals surface area contributed by atoms with Crippen LogP contribution in [0.4, 0.5) is 0 Å². The van der Waals surface area contributed by atoms with Crippen molar-refractivity contribution in [1.82, 2.24) is 5.43 Å². The number of ether oxygens (including phenoxy) is 2. The van der Waals surface area contributed by atoms with Crippen LogP contribution >= 0.6 is 23.2 Å². The number of hydrazone groups is 1. The standard InChI is InChI=1S/C28H22Cl2N2O4/c1-2-15-35-21-11-7-19(8-12-21)27(33)32-31-17-24-22-6-4-3-5-18(22)9-14-26(24)36-28(34)23-13-10-20(29)16-25(23)30/h3-14,16-17H,2,15H2,1H3,(H,32,33)/b31-17+. The van der Waals surface area contributed by atoms with Crippen LogP contribution in [0.3, 0.4) is 0 Å². The third-order valence-corrected chi connectivity index (χ3v) is 5.78. The molecule has 0 aromatic heterocycles. The van der Waals surface area contributed by atoms with Crippen molar-refractivity contribution in [2.45, 2.75) is 13.3 Å². The molecule has 0 radical (unpaired) electrons. The Bertz CT molecular complexity index is 1440. The number of nitrogens with one attached hydrogen (secondary N) is 1. The first-order valence-corrected chi connectivity index (χ1v) is 12.0. The van der Waals surface area contributed by atoms with Crippen LogP contribution in [-0.2, 0) is 0 Å². The van der Waals surface area contributed by atoms with Crippen molar-refractivity contribution in [1.29, 1.82) is 0 Å². The second-order valence-corrected chi connectivity index (χ2v) is 8.63. The van der Waals surface area contributed by atoms with E-state index in [0.717, 1.165) is 17.2 Å². The van der Waals surface area contributed by atoms with E-state index in [2.05, 4.69) is 10.5 Å². The van der Waals surface area contributed by atoms with Crippen molar-refractivity contribution >= 4 is 52.1 Å². The number of rotatable bonds is 8. The van der Waals surface area contributed by atoms with Crippen LogP contribution < -0.4 is 14.9 Å². The molecule has 1 amide bonds. The minimum absolute atomic E-state index is 0.178. The molecule has 0 saturated carbocycles. The van der Waals surface area contributed by atoms with E-state index in [1.54, 1.807) is 36.4 Å². The first kappa shape index (κ1) is 25.2. The highest BCUT2D eigenvalue weighted by atomic mass is 35.5. The summed E-state index contributed by atoms with van der Waals surface area (Å²) >= 11 is 12.1. The molecular weight excluding hydrogens is 499 g/mol. The molecular formula is C28H22Cl2N2O4. The van der Waals surface area contributed by atoms with Crippen LogP contribution in [0.2, 0.25) is 10.0 Å². The van der Waals surface area contributed by atoms with E-state index in [4.69, 9.17) is 32.7 Å². The van der Waals surface area contributed by atoms with Gasteiger partial charge in [-0.3, -0.25) is 4.79 Å². The molecule has 0 heterocycles. The van der Waals surface area contributed by atoms with Gasteiger partial charge in [0.05, 0.1) is 23.4 Å². The van der Waals surface area contributed by atoms with Gasteiger partial charge in [-0.1, -0.05) is 60.5 Å². The average Bonchev–Trinajstić information content (AvgIpc) is 2.88. The van der Waals surface area contributed by atoms with Crippen LogP contribution in [0.15, 0.2) is 84.0 Å². The first-order chi connectivity index (χ1) is 17.5. The van der Waals surface area contributed by atoms with E-state index in [1.807, 2.05) is 37.3 Å². The van der Waals surface area contributed by atoms with Crippen molar-refractivity contribution < 1.29 is 19.1 Å². The maximum Gasteiger partial charge on any atom is 0.345 e. The van der Waals surface area contributed by atoms with E-state index in [1.165, 1.54) is 18.3 Å². The van der Waals surface area contributed by atoms with Crippen LogP contribution in [-0.4, -0.2) is 24.7 Å². The predicted octanol–water partition coefficient (Wildman–Crippen LogP) is 6.92. The van der Waals surface area contributed by atoms with Gasteiger partial charge in [0.15, 0.2) is 0 Å². The summed E-state index contributed by atoms with van der Waals surface area (Å²) in [5, 5.41) is 6.42. The average molecular weight is 521 g/mol. The van der Waals surface area contributed by atoms with Gasteiger partial charge in [-0.2, -0.15) is 5.10 Å². The lowest BCUT2D eigenvalue weighted by molar-refractivity contribution is 0.0734. The number of hydrogen-bond acceptors (Lipinski definition) is 5. The lowest BCUT2D eigenvalue weighted by Crippen LogP contribution is -2.17. The number of carbonyl (C=O) groups is 2. The van der Waals surface area contributed by atoms with Gasteiger partial charge in [-0.15, -0.1) is 0 Å². The number of hydrogen-bond donors (Lipinski definition) is 1. The van der Waals surface area contributed by atoms with E-state index in [9.17, 15) is 9.59 Å². The van der Waals surface area contributed by atoms with Gasteiger partial charge in [0.2, 0.25) is 0 Å². The molecule has 0 aliphatic rings. The molecule has 4 rings (SSSR count). The molecule has 1 N–H and O–H groups in total. The van der Waals surface area contributed by atoms with Crippen LogP contribution in [0.1, 0.15) is 39.6 Å². The van der Waals surface area contributed by atoms with Gasteiger partial charge in [0.1, 0.15) is 11.5 Å². The van der Waals surface area contributed by atoms with E-state index in [0.29, 0.717) is 28.5 Å². The Hall–Kier alpha value is -3.87. The van der Waals surface area contributed by atoms with Gasteiger partial charge < -0.3 is 9.47 Å². The topological polar surface area (TPSA) is 77.0 Å². The molecule has 0 aliphatic carbocycles. The smallest absolute Gasteiger partial charge is 0.345 e. The van der Waals surface area contributed by atoms with Crippen molar-refractivity contribution in [2.75, 3.05) is 6.61 Å². The van der Waals surface area contributed by atoms with Crippen molar-refractivity contribution in [3.05, 3.63) is 106 Å². The van der Waals surface area contributed by atoms with Crippen LogP contribution in [0.5, 0.6) is 11.5 Å². The quantitative estimate of drug-likeness (QED) is 0.118. The molecule has 8 heteroatoms. The van der Waals surface area contributed by atoms with Gasteiger partial charge >= 0.3 is 5.97 Å². The third-order valence-electron chi connectivity index (χ3n) is 5.23. The summed E-state index contributed by atoms with van der Waals surface area (Å²) in [7, 11) is 0. The number of esters is 1. The number of amides is 1. The normalized spacial score (nSPS) is 11.0. The molecule has 4 aromatic rings. The second-order valence-electron chi connectivity index (χ2n) is 7.78. The molecule has 0 bridgehead atoms. The van der Waals surface area contributed by atoms with Gasteiger partial charge in [0.25, 0.3) is 5.91 Å². The highest BCUT2D eigenvalue weighted by Crippen LogP contribution is 2.29. The fourth-order valence-corrected chi connectivity index (χ4v) is 3.94. The number of carbonyl (C=O) groups excluding carboxylic acids is 2. The minimum atomic E-state index is -0.643. The predicted molar refractivity (Wildman–Crippen MR) is 143 cm³/mol. The SMILES string of the molecule is CCCOc1ccc(C(=O)N/N=C/c2c(OC(=O)c3ccc(Cl)cc3Cl)ccc3ccccc23)cc1. The molecule has 4 aromatic carbocycles. The van der Waals surface area contributed by atoms with Crippen LogP contribution in [0, 0.1) is 0 Å². The fourth-order valence-electron chi connectivity index (χ4n) is 3.45. The summed E-state index contributed by atoms with van der Waals surface area (Å²) in [5.74, 6) is -0.0731. The monoisotopic (exact) mass is 520 g/mol. The number of nitrogens with zero attached hydrogens (tertiary/aromatic N) is 1. The Balaban J connectivity index is 1.56. The molecule has 6 nitrogen and oxygen atoms in total. The molecule has 0 spiro atoms. The summed E-state index contributed by atoms with van der Waals surface area (Å²) in [6, 6.07) is 22.4. The Morgan fingerprint density at radius 2 is 1.75 bits per heavy atom. The highest BCUT2D eigenvalue weighted by molar-refractivity contribution is 6.36. The summed E-state index contributed by atoms with van der Waals surface area (Å²) < 4.78 is 11.2. The van der Waals surface area contributed by atoms with Crippen molar-refractivity contribution in [3.63, 3.8) is 0 Å². The molecule has 0 atom stereocenters. The Labute approximate surface area is 218 Å². The zero-order chi connectivity index (χ0) is 25.5. The summed E-state index contributed by atoms with van der Waals surface area (Å²) in [5.41, 5.74) is 3.65. The molecule has 0 saturated heterocycles. The molecule has 36 heavy (non-hydrogen) atoms. The van der Waals surface area contributed by atoms with E-state index < -0.39 is 5.97 Å². The maximum atomic E-state index is 12.8. The summed E-state index contributed by atoms with van der Waals surface area (Å²) in [6.45, 7) is 2.63. The Kier molecular flexibility index (Phi) is 8.21. The van der Waals surface area contributed by atoms with E-state index in [-0.39, 0.29) is 22.2 Å². The largest absolute Gasteiger partial charge is 0.494 e. The lowest BCUT2D eigenvalue weighted by atomic mass is 10.0. The third kappa shape index (κ3) is 6.03. The maximum absolute atomic E-state index is 12.8. The Morgan fingerprint density at radius 3 is 2.50 bits per heavy atom. The van der Waals surface area contributed by atoms with Crippen LogP contribution in [0.25, 0.3) is 10.8 Å². The number of fused-ring (bicyclic) bond motifs is 1. The fraction of sp³-hybridized carbons (Fsp3) is 0.107. The lowest BCUT2D eigenvalue weighted by Gasteiger charge is -2.11. The van der Waals surface area contributed by atoms with Crippen molar-refractivity contribution in [2.24, 2.45) is 5.10 Å². The van der Waals surface area contributed by atoms with Crippen molar-refractivity contribution in [3.8, 4) is 11.5 Å². The zero-order valence-electron chi connectivity index (χ0n) is 19.3. The number of halogens is 2. The van der Waals surface area contributed by atoms with Gasteiger partial charge in [-0.05, 0) is 65.7 Å². The Morgan fingerprint density at radius 1 is 0.972 bits per heavy atom. The first-order valence-electron chi connectivity index (χ1n) is 11.2. The second kappa shape index (κ2) is 11.7. The molecule has 0 fully saturated rings.